The zero-order valence-electron chi connectivity index (χ0n) is 13.9. The van der Waals surface area contributed by atoms with Gasteiger partial charge in [-0.2, -0.15) is 30.0 Å². The summed E-state index contributed by atoms with van der Waals surface area (Å²) in [6.45, 7) is 1.82. The highest BCUT2D eigenvalue weighted by molar-refractivity contribution is 6.32. The maximum absolute atomic E-state index is 4.63. The van der Waals surface area contributed by atoms with Gasteiger partial charge in [0.15, 0.2) is 11.7 Å². The molecule has 0 saturated heterocycles. The summed E-state index contributed by atoms with van der Waals surface area (Å²) in [5.74, 6) is 3.18. The second-order valence-corrected chi connectivity index (χ2v) is 5.83. The van der Waals surface area contributed by atoms with E-state index in [0.717, 1.165) is 11.1 Å². The Labute approximate surface area is 149 Å². The fourth-order valence-electron chi connectivity index (χ4n) is 2.82. The van der Waals surface area contributed by atoms with Gasteiger partial charge in [-0.1, -0.05) is 60.7 Å². The van der Waals surface area contributed by atoms with Crippen molar-refractivity contribution < 1.29 is 0 Å². The van der Waals surface area contributed by atoms with E-state index in [1.54, 1.807) is 4.90 Å². The zero-order valence-corrected chi connectivity index (χ0v) is 13.9. The third-order valence-electron chi connectivity index (χ3n) is 4.01. The highest BCUT2D eigenvalue weighted by Gasteiger charge is 2.34. The van der Waals surface area contributed by atoms with Crippen molar-refractivity contribution in [1.29, 1.82) is 0 Å². The summed E-state index contributed by atoms with van der Waals surface area (Å²) in [6.07, 6.45) is 0. The van der Waals surface area contributed by atoms with Gasteiger partial charge in [0.25, 0.3) is 0 Å². The molecule has 3 aliphatic heterocycles. The molecule has 0 amide bonds. The number of benzene rings is 2. The molecule has 2 aromatic carbocycles. The van der Waals surface area contributed by atoms with E-state index in [9.17, 15) is 0 Å². The Morgan fingerprint density at radius 2 is 1.00 bits per heavy atom. The second kappa shape index (κ2) is 5.66. The second-order valence-electron chi connectivity index (χ2n) is 5.83. The Morgan fingerprint density at radius 1 is 0.538 bits per heavy atom. The van der Waals surface area contributed by atoms with Gasteiger partial charge in [0, 0.05) is 11.1 Å². The van der Waals surface area contributed by atoms with Crippen molar-refractivity contribution in [3.8, 4) is 0 Å². The summed E-state index contributed by atoms with van der Waals surface area (Å²) in [5.41, 5.74) is 1.81. The predicted octanol–water partition coefficient (Wildman–Crippen LogP) is 2.71. The molecule has 0 spiro atoms. The van der Waals surface area contributed by atoms with Crippen LogP contribution in [-0.4, -0.2) is 40.3 Å². The minimum atomic E-state index is 0.470. The summed E-state index contributed by atoms with van der Waals surface area (Å²) in [5, 5.41) is 0. The van der Waals surface area contributed by atoms with Crippen molar-refractivity contribution in [2.45, 2.75) is 6.92 Å². The summed E-state index contributed by atoms with van der Waals surface area (Å²) in [6, 6.07) is 19.6. The molecule has 0 N–H and O–H groups in total. The summed E-state index contributed by atoms with van der Waals surface area (Å²) in [4.78, 5) is 29.0. The van der Waals surface area contributed by atoms with Gasteiger partial charge in [0.05, 0.1) is 0 Å². The quantitative estimate of drug-likeness (QED) is 0.828. The topological polar surface area (TPSA) is 77.4 Å². The molecule has 3 aliphatic rings. The molecule has 124 valence electrons. The standard InChI is InChI=1S/C19H13N7/c1-12-20-17-22-15(13-8-4-2-5-9-13)24-19-25-16(14-10-6-3-7-11-14)23-18(21-12)26(17)19/h2-11H,1H3. The van der Waals surface area contributed by atoms with Gasteiger partial charge in [-0.3, -0.25) is 0 Å². The molecule has 0 fully saturated rings. The molecule has 7 nitrogen and oxygen atoms in total. The molecular weight excluding hydrogens is 326 g/mol. The number of nitrogens with zero attached hydrogens (tertiary/aromatic N) is 7. The first-order chi connectivity index (χ1) is 12.8. The third kappa shape index (κ3) is 2.37. The van der Waals surface area contributed by atoms with E-state index in [1.165, 1.54) is 0 Å². The van der Waals surface area contributed by atoms with E-state index < -0.39 is 0 Å². The van der Waals surface area contributed by atoms with E-state index in [-0.39, 0.29) is 0 Å². The van der Waals surface area contributed by atoms with Gasteiger partial charge < -0.3 is 0 Å². The lowest BCUT2D eigenvalue weighted by Gasteiger charge is -2.29. The fourth-order valence-corrected chi connectivity index (χ4v) is 2.82. The van der Waals surface area contributed by atoms with Gasteiger partial charge in [-0.25, -0.2) is 4.90 Å². The average Bonchev–Trinajstić information content (AvgIpc) is 2.68. The van der Waals surface area contributed by atoms with Crippen LogP contribution in [0.1, 0.15) is 18.1 Å². The number of rotatable bonds is 2. The van der Waals surface area contributed by atoms with Crippen LogP contribution in [0.2, 0.25) is 0 Å². The molecule has 0 aliphatic carbocycles. The lowest BCUT2D eigenvalue weighted by molar-refractivity contribution is 0.827. The summed E-state index contributed by atoms with van der Waals surface area (Å²) < 4.78 is 0. The van der Waals surface area contributed by atoms with E-state index in [0.29, 0.717) is 35.4 Å². The van der Waals surface area contributed by atoms with Gasteiger partial charge in [-0.05, 0) is 6.92 Å². The van der Waals surface area contributed by atoms with Crippen LogP contribution in [0.3, 0.4) is 0 Å². The van der Waals surface area contributed by atoms with Crippen LogP contribution in [0.5, 0.6) is 0 Å². The van der Waals surface area contributed by atoms with Gasteiger partial charge in [-0.15, -0.1) is 0 Å². The minimum absolute atomic E-state index is 0.470. The van der Waals surface area contributed by atoms with Crippen molar-refractivity contribution in [2.75, 3.05) is 0 Å². The molecule has 0 bridgehead atoms. The third-order valence-corrected chi connectivity index (χ3v) is 4.01. The number of amidine groups is 3. The molecule has 3 heterocycles. The molecule has 0 atom stereocenters. The van der Waals surface area contributed by atoms with Crippen LogP contribution >= 0.6 is 0 Å². The Balaban J connectivity index is 1.69. The maximum atomic E-state index is 4.63. The van der Waals surface area contributed by atoms with Crippen LogP contribution in [-0.2, 0) is 0 Å². The largest absolute Gasteiger partial charge is 0.243 e. The van der Waals surface area contributed by atoms with Crippen LogP contribution < -0.4 is 0 Å². The Morgan fingerprint density at radius 3 is 1.54 bits per heavy atom. The fraction of sp³-hybridized carbons (Fsp3) is 0.0526. The van der Waals surface area contributed by atoms with Gasteiger partial charge >= 0.3 is 0 Å². The molecule has 5 rings (SSSR count). The maximum Gasteiger partial charge on any atom is 0.243 e. The Hall–Kier alpha value is -3.74. The first-order valence-electron chi connectivity index (χ1n) is 8.18. The number of guanidine groups is 3. The molecule has 0 aromatic heterocycles. The van der Waals surface area contributed by atoms with Gasteiger partial charge in [0.2, 0.25) is 17.9 Å². The van der Waals surface area contributed by atoms with Crippen LogP contribution in [0, 0.1) is 0 Å². The SMILES string of the molecule is CC1=NC2=NC(c3ccccc3)=NC3=NC(c4ccccc4)=NC(=N1)N23. The first-order valence-corrected chi connectivity index (χ1v) is 8.18. The van der Waals surface area contributed by atoms with E-state index >= 15 is 0 Å². The number of hydrogen-bond donors (Lipinski definition) is 0. The predicted molar refractivity (Wildman–Crippen MR) is 103 cm³/mol. The lowest BCUT2D eigenvalue weighted by Crippen LogP contribution is -2.47. The van der Waals surface area contributed by atoms with Crippen molar-refractivity contribution in [3.05, 3.63) is 71.8 Å². The molecular formula is C19H13N7. The van der Waals surface area contributed by atoms with E-state index in [2.05, 4.69) is 30.0 Å². The Bertz CT molecular complexity index is 1030. The van der Waals surface area contributed by atoms with Crippen LogP contribution in [0.4, 0.5) is 0 Å². The highest BCUT2D eigenvalue weighted by Crippen LogP contribution is 2.20. The molecule has 26 heavy (non-hydrogen) atoms. The Kier molecular flexibility index (Phi) is 3.18. The van der Waals surface area contributed by atoms with Crippen LogP contribution in [0.15, 0.2) is 90.6 Å². The van der Waals surface area contributed by atoms with E-state index in [4.69, 9.17) is 0 Å². The van der Waals surface area contributed by atoms with Crippen molar-refractivity contribution in [2.24, 2.45) is 30.0 Å². The molecule has 2 aromatic rings. The molecule has 0 radical (unpaired) electrons. The van der Waals surface area contributed by atoms with Crippen molar-refractivity contribution in [1.82, 2.24) is 4.90 Å². The number of hydrogen-bond acceptors (Lipinski definition) is 7. The average molecular weight is 339 g/mol. The van der Waals surface area contributed by atoms with Crippen LogP contribution in [0.25, 0.3) is 0 Å². The summed E-state index contributed by atoms with van der Waals surface area (Å²) >= 11 is 0. The smallest absolute Gasteiger partial charge is 0.213 e. The molecule has 0 saturated carbocycles. The van der Waals surface area contributed by atoms with Crippen molar-refractivity contribution in [3.63, 3.8) is 0 Å². The first kappa shape index (κ1) is 14.6. The zero-order chi connectivity index (χ0) is 17.5. The normalized spacial score (nSPS) is 18.0. The molecule has 7 heteroatoms. The lowest BCUT2D eigenvalue weighted by atomic mass is 10.2. The van der Waals surface area contributed by atoms with E-state index in [1.807, 2.05) is 67.6 Å². The molecule has 0 unspecified atom stereocenters. The number of aliphatic imine (C=N–C) groups is 6. The monoisotopic (exact) mass is 339 g/mol. The van der Waals surface area contributed by atoms with Gasteiger partial charge in [0.1, 0.15) is 5.84 Å². The highest BCUT2D eigenvalue weighted by atomic mass is 15.5. The van der Waals surface area contributed by atoms with Crippen molar-refractivity contribution >= 4 is 35.4 Å². The minimum Gasteiger partial charge on any atom is -0.213 e. The summed E-state index contributed by atoms with van der Waals surface area (Å²) in [7, 11) is 0.